The molecule has 1 aliphatic carbocycles. The number of aliphatic imine (C=N–C) groups is 1. The topological polar surface area (TPSA) is 66.7 Å². The molecule has 1 saturated carbocycles. The summed E-state index contributed by atoms with van der Waals surface area (Å²) in [5, 5.41) is 11.4. The van der Waals surface area contributed by atoms with Crippen LogP contribution >= 0.6 is 24.0 Å². The van der Waals surface area contributed by atoms with Crippen LogP contribution in [0.15, 0.2) is 23.5 Å². The maximum atomic E-state index is 5.58. The highest BCUT2D eigenvalue weighted by atomic mass is 127. The summed E-state index contributed by atoms with van der Waals surface area (Å²) in [7, 11) is 1.86. The van der Waals surface area contributed by atoms with Gasteiger partial charge in [-0.15, -0.1) is 24.0 Å². The summed E-state index contributed by atoms with van der Waals surface area (Å²) in [6.07, 6.45) is 10.4. The van der Waals surface area contributed by atoms with E-state index in [2.05, 4.69) is 32.5 Å². The Balaban J connectivity index is 0.00000280. The minimum Gasteiger partial charge on any atom is -0.379 e. The van der Waals surface area contributed by atoms with Gasteiger partial charge in [0.15, 0.2) is 5.96 Å². The van der Waals surface area contributed by atoms with Crippen LogP contribution in [-0.2, 0) is 11.3 Å². The molecule has 2 heterocycles. The first kappa shape index (κ1) is 23.4. The molecule has 1 aromatic heterocycles. The lowest BCUT2D eigenvalue weighted by molar-refractivity contribution is -0.0352. The lowest BCUT2D eigenvalue weighted by atomic mass is 9.80. The van der Waals surface area contributed by atoms with Crippen molar-refractivity contribution in [3.8, 4) is 0 Å². The van der Waals surface area contributed by atoms with E-state index in [1.54, 1.807) is 0 Å². The largest absolute Gasteiger partial charge is 0.379 e. The molecule has 0 amide bonds. The lowest BCUT2D eigenvalue weighted by Gasteiger charge is -2.48. The van der Waals surface area contributed by atoms with Crippen molar-refractivity contribution in [2.24, 2.45) is 10.9 Å². The van der Waals surface area contributed by atoms with Crippen molar-refractivity contribution >= 4 is 29.9 Å². The zero-order chi connectivity index (χ0) is 19.0. The maximum absolute atomic E-state index is 5.58. The second-order valence-electron chi connectivity index (χ2n) is 8.02. The van der Waals surface area contributed by atoms with E-state index in [-0.39, 0.29) is 29.5 Å². The Kier molecular flexibility index (Phi) is 10.0. The van der Waals surface area contributed by atoms with Crippen molar-refractivity contribution in [2.45, 2.75) is 51.1 Å². The Morgan fingerprint density at radius 1 is 1.21 bits per heavy atom. The van der Waals surface area contributed by atoms with Crippen LogP contribution in [0, 0.1) is 5.92 Å². The Labute approximate surface area is 186 Å². The van der Waals surface area contributed by atoms with E-state index in [9.17, 15) is 0 Å². The van der Waals surface area contributed by atoms with Crippen molar-refractivity contribution in [3.05, 3.63) is 18.5 Å². The van der Waals surface area contributed by atoms with Gasteiger partial charge >= 0.3 is 0 Å². The van der Waals surface area contributed by atoms with E-state index in [1.165, 1.54) is 32.1 Å². The smallest absolute Gasteiger partial charge is 0.191 e. The van der Waals surface area contributed by atoms with Gasteiger partial charge in [0.2, 0.25) is 0 Å². The Hall–Kier alpha value is -0.870. The van der Waals surface area contributed by atoms with E-state index in [0.29, 0.717) is 5.92 Å². The SMILES string of the molecule is CN=C(NCC(C)Cn1cccn1)NCC1(N2CCOCC2)CCCCC1.I. The number of rotatable bonds is 7. The number of nitrogens with one attached hydrogen (secondary N) is 2. The van der Waals surface area contributed by atoms with E-state index < -0.39 is 0 Å². The molecule has 2 N–H and O–H groups in total. The van der Waals surface area contributed by atoms with Gasteiger partial charge in [0.1, 0.15) is 0 Å². The molecule has 1 aliphatic heterocycles. The Morgan fingerprint density at radius 3 is 2.61 bits per heavy atom. The fraction of sp³-hybridized carbons (Fsp3) is 0.800. The molecule has 0 radical (unpaired) electrons. The molecule has 1 aromatic rings. The van der Waals surface area contributed by atoms with E-state index in [1.807, 2.05) is 30.2 Å². The Bertz CT molecular complexity index is 567. The first-order valence-electron chi connectivity index (χ1n) is 10.5. The third kappa shape index (κ3) is 6.59. The predicted octanol–water partition coefficient (Wildman–Crippen LogP) is 2.34. The first-order chi connectivity index (χ1) is 13.2. The summed E-state index contributed by atoms with van der Waals surface area (Å²) in [5.74, 6) is 1.38. The number of morpholine rings is 1. The maximum Gasteiger partial charge on any atom is 0.191 e. The van der Waals surface area contributed by atoms with Crippen LogP contribution < -0.4 is 10.6 Å². The van der Waals surface area contributed by atoms with E-state index in [4.69, 9.17) is 4.74 Å². The van der Waals surface area contributed by atoms with Gasteiger partial charge in [0.25, 0.3) is 0 Å². The average molecular weight is 504 g/mol. The third-order valence-corrected chi connectivity index (χ3v) is 5.95. The summed E-state index contributed by atoms with van der Waals surface area (Å²) in [6.45, 7) is 8.81. The number of hydrogen-bond donors (Lipinski definition) is 2. The second-order valence-corrected chi connectivity index (χ2v) is 8.02. The van der Waals surface area contributed by atoms with Crippen molar-refractivity contribution in [2.75, 3.05) is 46.4 Å². The highest BCUT2D eigenvalue weighted by Gasteiger charge is 2.38. The van der Waals surface area contributed by atoms with E-state index >= 15 is 0 Å². The van der Waals surface area contributed by atoms with Crippen molar-refractivity contribution < 1.29 is 4.74 Å². The van der Waals surface area contributed by atoms with Gasteiger partial charge in [-0.2, -0.15) is 5.10 Å². The van der Waals surface area contributed by atoms with Crippen LogP contribution in [0.3, 0.4) is 0 Å². The van der Waals surface area contributed by atoms with Crippen LogP contribution in [0.4, 0.5) is 0 Å². The highest BCUT2D eigenvalue weighted by molar-refractivity contribution is 14.0. The molecule has 1 atom stereocenters. The normalized spacial score (nSPS) is 21.6. The van der Waals surface area contributed by atoms with Gasteiger partial charge in [-0.25, -0.2) is 0 Å². The standard InChI is InChI=1S/C20H36N6O.HI/c1-18(16-26-10-6-9-24-26)15-22-19(21-2)23-17-20(7-4-3-5-8-20)25-11-13-27-14-12-25;/h6,9-10,18H,3-5,7-8,11-17H2,1-2H3,(H2,21,22,23);1H. The molecule has 0 bridgehead atoms. The van der Waals surface area contributed by atoms with Gasteiger partial charge in [-0.05, 0) is 24.8 Å². The number of hydrogen-bond acceptors (Lipinski definition) is 4. The van der Waals surface area contributed by atoms with Crippen LogP contribution in [0.25, 0.3) is 0 Å². The quantitative estimate of drug-likeness (QED) is 0.339. The predicted molar refractivity (Wildman–Crippen MR) is 124 cm³/mol. The van der Waals surface area contributed by atoms with Crippen LogP contribution in [0.1, 0.15) is 39.0 Å². The number of aromatic nitrogens is 2. The molecule has 0 aromatic carbocycles. The molecule has 2 fully saturated rings. The molecule has 1 saturated heterocycles. The fourth-order valence-electron chi connectivity index (χ4n) is 4.38. The first-order valence-corrected chi connectivity index (χ1v) is 10.5. The van der Waals surface area contributed by atoms with Gasteiger partial charge in [-0.3, -0.25) is 14.6 Å². The van der Waals surface area contributed by atoms with Crippen molar-refractivity contribution in [1.29, 1.82) is 0 Å². The zero-order valence-corrected chi connectivity index (χ0v) is 19.7. The summed E-state index contributed by atoms with van der Waals surface area (Å²) < 4.78 is 7.57. The monoisotopic (exact) mass is 504 g/mol. The highest BCUT2D eigenvalue weighted by Crippen LogP contribution is 2.33. The van der Waals surface area contributed by atoms with Crippen LogP contribution in [0.2, 0.25) is 0 Å². The molecular weight excluding hydrogens is 467 g/mol. The van der Waals surface area contributed by atoms with Gasteiger partial charge in [0, 0.05) is 57.7 Å². The van der Waals surface area contributed by atoms with Crippen LogP contribution in [-0.4, -0.2) is 72.6 Å². The Morgan fingerprint density at radius 2 is 1.96 bits per heavy atom. The lowest BCUT2D eigenvalue weighted by Crippen LogP contribution is -2.60. The van der Waals surface area contributed by atoms with Crippen molar-refractivity contribution in [1.82, 2.24) is 25.3 Å². The summed E-state index contributed by atoms with van der Waals surface area (Å²) >= 11 is 0. The number of halogens is 1. The summed E-state index contributed by atoms with van der Waals surface area (Å²) in [6, 6.07) is 1.97. The number of nitrogens with zero attached hydrogens (tertiary/aromatic N) is 4. The molecule has 3 rings (SSSR count). The molecule has 28 heavy (non-hydrogen) atoms. The van der Waals surface area contributed by atoms with Gasteiger partial charge in [-0.1, -0.05) is 26.2 Å². The molecule has 160 valence electrons. The van der Waals surface area contributed by atoms with Gasteiger partial charge < -0.3 is 15.4 Å². The molecule has 2 aliphatic rings. The molecular formula is C20H37IN6O. The van der Waals surface area contributed by atoms with Crippen molar-refractivity contribution in [3.63, 3.8) is 0 Å². The minimum atomic E-state index is 0. The van der Waals surface area contributed by atoms with Crippen LogP contribution in [0.5, 0.6) is 0 Å². The minimum absolute atomic E-state index is 0. The molecule has 7 nitrogen and oxygen atoms in total. The second kappa shape index (κ2) is 12.0. The summed E-state index contributed by atoms with van der Waals surface area (Å²) in [5.41, 5.74) is 0.250. The molecule has 0 spiro atoms. The molecule has 1 unspecified atom stereocenters. The summed E-state index contributed by atoms with van der Waals surface area (Å²) in [4.78, 5) is 7.11. The number of ether oxygens (including phenoxy) is 1. The zero-order valence-electron chi connectivity index (χ0n) is 17.4. The molecule has 8 heteroatoms. The average Bonchev–Trinajstić information content (AvgIpc) is 3.22. The third-order valence-electron chi connectivity index (χ3n) is 5.95. The fourth-order valence-corrected chi connectivity index (χ4v) is 4.38. The number of guanidine groups is 1. The van der Waals surface area contributed by atoms with E-state index in [0.717, 1.165) is 51.9 Å². The van der Waals surface area contributed by atoms with Gasteiger partial charge in [0.05, 0.1) is 13.2 Å².